The molecule has 2 nitrogen and oxygen atoms in total. The van der Waals surface area contributed by atoms with Crippen molar-refractivity contribution in [3.8, 4) is 0 Å². The van der Waals surface area contributed by atoms with Gasteiger partial charge in [0.05, 0.1) is 4.90 Å². The lowest BCUT2D eigenvalue weighted by molar-refractivity contribution is 0.576. The van der Waals surface area contributed by atoms with Crippen molar-refractivity contribution in [3.05, 3.63) is 77.5 Å². The van der Waals surface area contributed by atoms with Crippen molar-refractivity contribution >= 4 is 9.84 Å². The molecule has 0 spiro atoms. The van der Waals surface area contributed by atoms with E-state index in [0.717, 1.165) is 11.6 Å². The van der Waals surface area contributed by atoms with E-state index in [1.807, 2.05) is 30.3 Å². The molecule has 2 rings (SSSR count). The topological polar surface area (TPSA) is 34.1 Å². The summed E-state index contributed by atoms with van der Waals surface area (Å²) < 4.78 is 37.7. The molecular formula is C16H15FO2S. The molecule has 0 saturated heterocycles. The normalized spacial score (nSPS) is 12.3. The van der Waals surface area contributed by atoms with E-state index in [1.165, 1.54) is 12.1 Å². The van der Waals surface area contributed by atoms with E-state index in [2.05, 4.69) is 0 Å². The first-order valence-electron chi connectivity index (χ1n) is 6.30. The summed E-state index contributed by atoms with van der Waals surface area (Å²) in [6.07, 6.45) is 2.09. The molecule has 0 radical (unpaired) electrons. The van der Waals surface area contributed by atoms with Crippen LogP contribution >= 0.6 is 0 Å². The van der Waals surface area contributed by atoms with Crippen molar-refractivity contribution in [2.24, 2.45) is 0 Å². The molecule has 0 fully saturated rings. The quantitative estimate of drug-likeness (QED) is 0.836. The molecule has 0 N–H and O–H groups in total. The minimum Gasteiger partial charge on any atom is -0.216 e. The van der Waals surface area contributed by atoms with Crippen molar-refractivity contribution < 1.29 is 12.8 Å². The number of hydrogen-bond donors (Lipinski definition) is 0. The standard InChI is InChI=1S/C16H15FO2S/c17-16(13-7-10-14-8-3-1-4-9-14)20(18,19)15-11-5-2-6-12-15/h1-6,8-9,11-13H,7,10H2/b16-13-. The minimum absolute atomic E-state index is 0.0199. The Morgan fingerprint density at radius 3 is 2.10 bits per heavy atom. The number of halogens is 1. The molecular weight excluding hydrogens is 275 g/mol. The summed E-state index contributed by atoms with van der Waals surface area (Å²) in [5.41, 5.74) is 1.05. The molecule has 0 aliphatic carbocycles. The van der Waals surface area contributed by atoms with Gasteiger partial charge in [-0.25, -0.2) is 8.42 Å². The van der Waals surface area contributed by atoms with Gasteiger partial charge in [0, 0.05) is 0 Å². The second kappa shape index (κ2) is 6.48. The molecule has 0 bridgehead atoms. The van der Waals surface area contributed by atoms with Crippen molar-refractivity contribution in [1.82, 2.24) is 0 Å². The third kappa shape index (κ3) is 3.54. The van der Waals surface area contributed by atoms with Gasteiger partial charge in [-0.05, 0) is 36.6 Å². The van der Waals surface area contributed by atoms with Crippen LogP contribution in [0.15, 0.2) is 76.8 Å². The van der Waals surface area contributed by atoms with E-state index in [0.29, 0.717) is 12.8 Å². The van der Waals surface area contributed by atoms with Gasteiger partial charge < -0.3 is 0 Å². The molecule has 0 aromatic heterocycles. The van der Waals surface area contributed by atoms with Crippen LogP contribution in [0.2, 0.25) is 0 Å². The molecule has 2 aromatic rings. The molecule has 0 atom stereocenters. The predicted octanol–water partition coefficient (Wildman–Crippen LogP) is 3.90. The molecule has 20 heavy (non-hydrogen) atoms. The first kappa shape index (κ1) is 14.5. The zero-order valence-electron chi connectivity index (χ0n) is 10.9. The largest absolute Gasteiger partial charge is 0.232 e. The summed E-state index contributed by atoms with van der Waals surface area (Å²) in [5.74, 6) is 0. The van der Waals surface area contributed by atoms with Crippen molar-refractivity contribution in [2.75, 3.05) is 0 Å². The van der Waals surface area contributed by atoms with Gasteiger partial charge in [0.25, 0.3) is 0 Å². The highest BCUT2D eigenvalue weighted by atomic mass is 32.2. The summed E-state index contributed by atoms with van der Waals surface area (Å²) >= 11 is 0. The smallest absolute Gasteiger partial charge is 0.216 e. The highest BCUT2D eigenvalue weighted by Crippen LogP contribution is 2.20. The maximum absolute atomic E-state index is 13.8. The van der Waals surface area contributed by atoms with Crippen LogP contribution in [0, 0.1) is 0 Å². The van der Waals surface area contributed by atoms with Crippen LogP contribution in [-0.4, -0.2) is 8.42 Å². The molecule has 0 amide bonds. The predicted molar refractivity (Wildman–Crippen MR) is 77.6 cm³/mol. The van der Waals surface area contributed by atoms with E-state index >= 15 is 0 Å². The second-order valence-electron chi connectivity index (χ2n) is 4.35. The number of allylic oxidation sites excluding steroid dienone is 1. The number of hydrogen-bond acceptors (Lipinski definition) is 2. The maximum atomic E-state index is 13.8. The van der Waals surface area contributed by atoms with Crippen LogP contribution in [-0.2, 0) is 16.3 Å². The van der Waals surface area contributed by atoms with Gasteiger partial charge in [0.1, 0.15) is 0 Å². The van der Waals surface area contributed by atoms with Crippen LogP contribution in [0.1, 0.15) is 12.0 Å². The molecule has 4 heteroatoms. The van der Waals surface area contributed by atoms with E-state index < -0.39 is 15.0 Å². The average molecular weight is 290 g/mol. The van der Waals surface area contributed by atoms with Gasteiger partial charge in [0.2, 0.25) is 15.0 Å². The summed E-state index contributed by atoms with van der Waals surface area (Å²) in [6.45, 7) is 0. The Morgan fingerprint density at radius 2 is 1.50 bits per heavy atom. The van der Waals surface area contributed by atoms with E-state index in [9.17, 15) is 12.8 Å². The third-order valence-electron chi connectivity index (χ3n) is 2.89. The Balaban J connectivity index is 2.07. The zero-order chi connectivity index (χ0) is 14.4. The van der Waals surface area contributed by atoms with Crippen LogP contribution in [0.25, 0.3) is 0 Å². The number of aryl methyl sites for hydroxylation is 1. The second-order valence-corrected chi connectivity index (χ2v) is 6.22. The lowest BCUT2D eigenvalue weighted by Crippen LogP contribution is -2.01. The summed E-state index contributed by atoms with van der Waals surface area (Å²) in [5, 5.41) is -1.08. The van der Waals surface area contributed by atoms with Gasteiger partial charge in [-0.15, -0.1) is 0 Å². The zero-order valence-corrected chi connectivity index (χ0v) is 11.7. The van der Waals surface area contributed by atoms with E-state index in [4.69, 9.17) is 0 Å². The van der Waals surface area contributed by atoms with Gasteiger partial charge in [-0.2, -0.15) is 4.39 Å². The average Bonchev–Trinajstić information content (AvgIpc) is 2.49. The number of benzene rings is 2. The third-order valence-corrected chi connectivity index (χ3v) is 4.46. The Bertz CT molecular complexity index is 677. The summed E-state index contributed by atoms with van der Waals surface area (Å²) in [4.78, 5) is -0.0199. The van der Waals surface area contributed by atoms with Crippen LogP contribution in [0.4, 0.5) is 4.39 Å². The van der Waals surface area contributed by atoms with Gasteiger partial charge in [-0.3, -0.25) is 0 Å². The molecule has 0 heterocycles. The van der Waals surface area contributed by atoms with E-state index in [1.54, 1.807) is 18.2 Å². The summed E-state index contributed by atoms with van der Waals surface area (Å²) in [7, 11) is -4.00. The molecule has 104 valence electrons. The summed E-state index contributed by atoms with van der Waals surface area (Å²) in [6, 6.07) is 17.2. The molecule has 0 unspecified atom stereocenters. The number of sulfone groups is 1. The first-order chi connectivity index (χ1) is 9.60. The lowest BCUT2D eigenvalue weighted by Gasteiger charge is -2.02. The van der Waals surface area contributed by atoms with Crippen molar-refractivity contribution in [3.63, 3.8) is 0 Å². The first-order valence-corrected chi connectivity index (χ1v) is 7.79. The van der Waals surface area contributed by atoms with Gasteiger partial charge >= 0.3 is 0 Å². The molecule has 0 saturated carbocycles. The molecule has 0 aliphatic rings. The maximum Gasteiger partial charge on any atom is 0.232 e. The highest BCUT2D eigenvalue weighted by molar-refractivity contribution is 7.95. The molecule has 0 aliphatic heterocycles. The van der Waals surface area contributed by atoms with E-state index in [-0.39, 0.29) is 4.90 Å². The van der Waals surface area contributed by atoms with Crippen LogP contribution < -0.4 is 0 Å². The highest BCUT2D eigenvalue weighted by Gasteiger charge is 2.19. The Hall–Kier alpha value is -1.94. The Kier molecular flexibility index (Phi) is 4.69. The Morgan fingerprint density at radius 1 is 0.950 bits per heavy atom. The van der Waals surface area contributed by atoms with Crippen molar-refractivity contribution in [2.45, 2.75) is 17.7 Å². The van der Waals surface area contributed by atoms with Crippen molar-refractivity contribution in [1.29, 1.82) is 0 Å². The van der Waals surface area contributed by atoms with Crippen LogP contribution in [0.5, 0.6) is 0 Å². The van der Waals surface area contributed by atoms with Gasteiger partial charge in [-0.1, -0.05) is 48.5 Å². The SMILES string of the molecule is O=S(=O)(/C(F)=C\CCc1ccccc1)c1ccccc1. The fraction of sp³-hybridized carbons (Fsp3) is 0.125. The monoisotopic (exact) mass is 290 g/mol. The van der Waals surface area contributed by atoms with Crippen LogP contribution in [0.3, 0.4) is 0 Å². The fourth-order valence-electron chi connectivity index (χ4n) is 1.82. The lowest BCUT2D eigenvalue weighted by atomic mass is 10.1. The minimum atomic E-state index is -4.00. The van der Waals surface area contributed by atoms with Gasteiger partial charge in [0.15, 0.2) is 0 Å². The molecule has 2 aromatic carbocycles. The Labute approximate surface area is 118 Å². The number of rotatable bonds is 5. The fourth-order valence-corrected chi connectivity index (χ4v) is 2.90.